The zero-order valence-electron chi connectivity index (χ0n) is 8.59. The Balaban J connectivity index is 3.36. The van der Waals surface area contributed by atoms with Gasteiger partial charge in [0.25, 0.3) is 0 Å². The fourth-order valence-electron chi connectivity index (χ4n) is 1.28. The van der Waals surface area contributed by atoms with Gasteiger partial charge >= 0.3 is 17.2 Å². The van der Waals surface area contributed by atoms with Crippen LogP contribution in [0.1, 0.15) is 5.56 Å². The van der Waals surface area contributed by atoms with Gasteiger partial charge in [-0.2, -0.15) is 8.42 Å². The van der Waals surface area contributed by atoms with E-state index in [0.717, 1.165) is 6.07 Å². The maximum atomic E-state index is 12.7. The van der Waals surface area contributed by atoms with Gasteiger partial charge < -0.3 is 12.9 Å². The van der Waals surface area contributed by atoms with Crippen LogP contribution in [0.15, 0.2) is 28.2 Å². The van der Waals surface area contributed by atoms with Gasteiger partial charge in [0.2, 0.25) is 0 Å². The third-order valence-electron chi connectivity index (χ3n) is 1.86. The van der Waals surface area contributed by atoms with E-state index in [4.69, 9.17) is 5.53 Å². The quantitative estimate of drug-likeness (QED) is 0.212. The van der Waals surface area contributed by atoms with Crippen LogP contribution in [0.3, 0.4) is 0 Å². The summed E-state index contributed by atoms with van der Waals surface area (Å²) in [6.07, 6.45) is -1.39. The molecule has 0 fully saturated rings. The standard InChI is InChI=1S/C7H5BF4N3O2S/c9-8(10,11)4-5-1-6(14-15-13)3-7(2-5)18(12,16)17/h1-3H,4H2/q-1. The van der Waals surface area contributed by atoms with E-state index in [2.05, 4.69) is 10.0 Å². The number of halogens is 4. The lowest BCUT2D eigenvalue weighted by Crippen LogP contribution is -2.19. The summed E-state index contributed by atoms with van der Waals surface area (Å²) in [5.74, 6) is 0. The van der Waals surface area contributed by atoms with Crippen LogP contribution in [-0.2, 0) is 16.5 Å². The molecule has 0 saturated heterocycles. The van der Waals surface area contributed by atoms with Gasteiger partial charge in [0.05, 0.1) is 4.90 Å². The summed E-state index contributed by atoms with van der Waals surface area (Å²) in [7, 11) is -5.17. The molecule has 0 aliphatic rings. The molecule has 0 unspecified atom stereocenters. The van der Waals surface area contributed by atoms with Gasteiger partial charge in [0, 0.05) is 10.6 Å². The molecule has 0 aromatic heterocycles. The van der Waals surface area contributed by atoms with Crippen molar-refractivity contribution in [1.29, 1.82) is 0 Å². The van der Waals surface area contributed by atoms with Crippen molar-refractivity contribution in [2.75, 3.05) is 0 Å². The summed E-state index contributed by atoms with van der Waals surface area (Å²) in [5, 5.41) is 2.96. The Morgan fingerprint density at radius 2 is 1.89 bits per heavy atom. The molecule has 5 nitrogen and oxygen atoms in total. The Kier molecular flexibility index (Phi) is 3.87. The van der Waals surface area contributed by atoms with Gasteiger partial charge in [-0.25, -0.2) is 0 Å². The smallest absolute Gasteiger partial charge is 0.449 e. The summed E-state index contributed by atoms with van der Waals surface area (Å²) in [5.41, 5.74) is 7.25. The van der Waals surface area contributed by atoms with Crippen LogP contribution in [0.4, 0.5) is 22.5 Å². The first-order chi connectivity index (χ1) is 8.12. The van der Waals surface area contributed by atoms with E-state index in [-0.39, 0.29) is 0 Å². The molecule has 18 heavy (non-hydrogen) atoms. The van der Waals surface area contributed by atoms with Crippen molar-refractivity contribution in [2.24, 2.45) is 5.11 Å². The van der Waals surface area contributed by atoms with Crippen molar-refractivity contribution in [3.8, 4) is 0 Å². The molecule has 0 saturated carbocycles. The summed E-state index contributed by atoms with van der Waals surface area (Å²) >= 11 is 0. The maximum Gasteiger partial charge on any atom is 0.482 e. The fourth-order valence-corrected chi connectivity index (χ4v) is 1.83. The molecule has 0 N–H and O–H groups in total. The predicted molar refractivity (Wildman–Crippen MR) is 56.3 cm³/mol. The summed E-state index contributed by atoms with van der Waals surface area (Å²) in [4.78, 5) is 1.33. The lowest BCUT2D eigenvalue weighted by atomic mass is 9.82. The lowest BCUT2D eigenvalue weighted by Gasteiger charge is -2.14. The first kappa shape index (κ1) is 14.3. The van der Waals surface area contributed by atoms with Gasteiger partial charge in [-0.3, -0.25) is 0 Å². The number of hydrogen-bond acceptors (Lipinski definition) is 3. The van der Waals surface area contributed by atoms with E-state index in [9.17, 15) is 25.3 Å². The zero-order valence-corrected chi connectivity index (χ0v) is 9.41. The number of nitrogens with zero attached hydrogens (tertiary/aromatic N) is 3. The number of rotatable bonds is 4. The van der Waals surface area contributed by atoms with Gasteiger partial charge in [-0.15, -0.1) is 3.89 Å². The van der Waals surface area contributed by atoms with Crippen LogP contribution >= 0.6 is 0 Å². The van der Waals surface area contributed by atoms with Gasteiger partial charge in [0.1, 0.15) is 0 Å². The summed E-state index contributed by atoms with van der Waals surface area (Å²) in [6, 6.07) is 2.06. The molecule has 1 aromatic carbocycles. The Bertz CT molecular complexity index is 610. The molecule has 11 heteroatoms. The normalized spacial score (nSPS) is 12.0. The van der Waals surface area contributed by atoms with Crippen LogP contribution in [0.25, 0.3) is 10.4 Å². The largest absolute Gasteiger partial charge is 0.482 e. The van der Waals surface area contributed by atoms with Gasteiger partial charge in [0.15, 0.2) is 0 Å². The third kappa shape index (κ3) is 4.26. The highest BCUT2D eigenvalue weighted by Gasteiger charge is 2.24. The van der Waals surface area contributed by atoms with Crippen LogP contribution in [0, 0.1) is 0 Å². The minimum absolute atomic E-state index is 0.397. The van der Waals surface area contributed by atoms with Crippen molar-refractivity contribution in [3.63, 3.8) is 0 Å². The van der Waals surface area contributed by atoms with E-state index in [1.807, 2.05) is 0 Å². The first-order valence-corrected chi connectivity index (χ1v) is 5.85. The zero-order chi connectivity index (χ0) is 14.0. The molecule has 98 valence electrons. The highest BCUT2D eigenvalue weighted by molar-refractivity contribution is 7.86. The van der Waals surface area contributed by atoms with Gasteiger partial charge in [-0.05, 0) is 17.7 Å². The molecule has 0 bridgehead atoms. The summed E-state index contributed by atoms with van der Waals surface area (Å²) in [6.45, 7) is -5.22. The van der Waals surface area contributed by atoms with E-state index in [1.54, 1.807) is 0 Å². The molecular formula is C7H5BF4N3O2S-. The Morgan fingerprint density at radius 1 is 1.28 bits per heavy atom. The summed E-state index contributed by atoms with van der Waals surface area (Å²) < 4.78 is 70.6. The first-order valence-electron chi connectivity index (χ1n) is 4.46. The average molecular weight is 282 g/mol. The van der Waals surface area contributed by atoms with Crippen molar-refractivity contribution in [2.45, 2.75) is 11.2 Å². The van der Waals surface area contributed by atoms with Crippen LogP contribution < -0.4 is 0 Å². The molecule has 0 amide bonds. The number of azide groups is 1. The molecule has 1 rings (SSSR count). The Morgan fingerprint density at radius 3 is 2.33 bits per heavy atom. The minimum atomic E-state index is -5.22. The Hall–Kier alpha value is -1.74. The van der Waals surface area contributed by atoms with Crippen LogP contribution in [0.5, 0.6) is 0 Å². The van der Waals surface area contributed by atoms with Crippen LogP contribution in [0.2, 0.25) is 0 Å². The van der Waals surface area contributed by atoms with Crippen LogP contribution in [-0.4, -0.2) is 15.4 Å². The monoisotopic (exact) mass is 282 g/mol. The molecule has 0 heterocycles. The predicted octanol–water partition coefficient (Wildman–Crippen LogP) is 3.22. The molecule has 0 aliphatic heterocycles. The second-order valence-corrected chi connectivity index (χ2v) is 4.72. The topological polar surface area (TPSA) is 82.9 Å². The second kappa shape index (κ2) is 4.87. The molecule has 0 radical (unpaired) electrons. The molecule has 0 atom stereocenters. The lowest BCUT2D eigenvalue weighted by molar-refractivity contribution is 0.468. The van der Waals surface area contributed by atoms with E-state index in [0.29, 0.717) is 12.1 Å². The Labute approximate surface area is 99.3 Å². The highest BCUT2D eigenvalue weighted by atomic mass is 32.3. The second-order valence-electron chi connectivity index (χ2n) is 3.38. The van der Waals surface area contributed by atoms with Crippen molar-refractivity contribution in [1.82, 2.24) is 0 Å². The number of hydrogen-bond donors (Lipinski definition) is 0. The molecule has 0 aliphatic carbocycles. The van der Waals surface area contributed by atoms with Gasteiger partial charge in [-0.1, -0.05) is 23.1 Å². The van der Waals surface area contributed by atoms with Crippen molar-refractivity contribution >= 4 is 22.9 Å². The molecule has 1 aromatic rings. The fraction of sp³-hybridized carbons (Fsp3) is 0.143. The molecular weight excluding hydrogens is 277 g/mol. The van der Waals surface area contributed by atoms with Crippen molar-refractivity contribution < 1.29 is 25.3 Å². The third-order valence-corrected chi connectivity index (χ3v) is 2.66. The van der Waals surface area contributed by atoms with E-state index >= 15 is 0 Å². The highest BCUT2D eigenvalue weighted by Crippen LogP contribution is 2.26. The SMILES string of the molecule is [N-]=[N+]=Nc1cc(C[B-](F)(F)F)cc(S(=O)(=O)F)c1. The van der Waals surface area contributed by atoms with E-state index < -0.39 is 39.7 Å². The molecule has 0 spiro atoms. The average Bonchev–Trinajstić information content (AvgIpc) is 2.13. The number of benzene rings is 1. The van der Waals surface area contributed by atoms with Crippen molar-refractivity contribution in [3.05, 3.63) is 34.2 Å². The minimum Gasteiger partial charge on any atom is -0.449 e. The maximum absolute atomic E-state index is 12.7. The van der Waals surface area contributed by atoms with E-state index in [1.165, 1.54) is 0 Å².